The number of rotatable bonds is 22. The maximum Gasteiger partial charge on any atom is 0.628 e. The molecule has 0 radical (unpaired) electrons. The molecule has 1 aromatic heterocycles. The summed E-state index contributed by atoms with van der Waals surface area (Å²) >= 11 is 0. The Labute approximate surface area is 238 Å². The lowest BCUT2D eigenvalue weighted by atomic mass is 10.0. The van der Waals surface area contributed by atoms with E-state index in [0.717, 1.165) is 36.3 Å². The third kappa shape index (κ3) is 12.2. The van der Waals surface area contributed by atoms with Gasteiger partial charge in [-0.15, -0.1) is 4.52 Å². The summed E-state index contributed by atoms with van der Waals surface area (Å²) in [7, 11) is -5.45. The third-order valence-corrected chi connectivity index (χ3v) is 10.0. The van der Waals surface area contributed by atoms with Gasteiger partial charge in [0.25, 0.3) is 15.6 Å². The van der Waals surface area contributed by atoms with Gasteiger partial charge in [0.05, 0.1) is 12.4 Å². The number of unbranched alkanes of at least 4 members (excludes halogenated alkanes) is 13. The van der Waals surface area contributed by atoms with Crippen LogP contribution in [0, 0.1) is 0 Å². The molecule has 1 aromatic rings. The molecule has 0 saturated carbocycles. The number of nitrogens with zero attached hydrogens (tertiary/aromatic N) is 1. The number of hydrogen-bond acceptors (Lipinski definition) is 9. The summed E-state index contributed by atoms with van der Waals surface area (Å²) in [6, 6.07) is 1.12. The largest absolute Gasteiger partial charge is 0.628 e. The second-order valence-corrected chi connectivity index (χ2v) is 13.4. The van der Waals surface area contributed by atoms with Gasteiger partial charge in [-0.05, 0) is 11.0 Å². The van der Waals surface area contributed by atoms with Gasteiger partial charge in [-0.2, -0.15) is 0 Å². The van der Waals surface area contributed by atoms with Gasteiger partial charge >= 0.3 is 13.9 Å². The fourth-order valence-corrected chi connectivity index (χ4v) is 7.37. The van der Waals surface area contributed by atoms with E-state index in [-0.39, 0.29) is 5.75 Å². The third-order valence-electron chi connectivity index (χ3n) is 7.06. The number of aromatic nitrogens is 2. The molecular formula is C26H47N3O9PS+. The molecular weight excluding hydrogens is 561 g/mol. The lowest BCUT2D eigenvalue weighted by Gasteiger charge is -2.20. The Morgan fingerprint density at radius 1 is 0.975 bits per heavy atom. The van der Waals surface area contributed by atoms with Crippen LogP contribution in [0.5, 0.6) is 0 Å². The number of aliphatic hydroxyl groups excluding tert-OH is 1. The van der Waals surface area contributed by atoms with Gasteiger partial charge in [-0.1, -0.05) is 90.4 Å². The van der Waals surface area contributed by atoms with E-state index in [9.17, 15) is 27.7 Å². The van der Waals surface area contributed by atoms with Crippen LogP contribution >= 0.6 is 8.18 Å². The average molecular weight is 609 g/mol. The van der Waals surface area contributed by atoms with Crippen LogP contribution in [0.3, 0.4) is 0 Å². The molecule has 40 heavy (non-hydrogen) atoms. The van der Waals surface area contributed by atoms with Crippen LogP contribution < -0.4 is 15.7 Å². The number of aromatic amines is 1. The van der Waals surface area contributed by atoms with Gasteiger partial charge < -0.3 is 14.6 Å². The van der Waals surface area contributed by atoms with Crippen LogP contribution in [-0.2, 0) is 28.6 Å². The molecule has 1 saturated heterocycles. The minimum Gasteiger partial charge on any atom is -0.394 e. The first-order chi connectivity index (χ1) is 19.2. The molecule has 0 amide bonds. The van der Waals surface area contributed by atoms with E-state index in [1.165, 1.54) is 71.1 Å². The Kier molecular flexibility index (Phi) is 16.4. The number of nitrogens with one attached hydrogen (secondary N) is 2. The Morgan fingerprint density at radius 3 is 2.02 bits per heavy atom. The molecule has 1 aliphatic rings. The van der Waals surface area contributed by atoms with E-state index >= 15 is 0 Å². The Hall–Kier alpha value is -1.47. The predicted molar refractivity (Wildman–Crippen MR) is 153 cm³/mol. The van der Waals surface area contributed by atoms with Crippen LogP contribution in [0.25, 0.3) is 0 Å². The first kappa shape index (κ1) is 34.7. The molecule has 1 fully saturated rings. The van der Waals surface area contributed by atoms with E-state index in [4.69, 9.17) is 14.0 Å². The molecule has 0 bridgehead atoms. The standard InChI is InChI=1S/C26H46N3O9PS/c1-3-4-5-6-7-8-9-10-11-12-13-14-15-16-19-40(34,35)28-39(33)38-23-21(20-30)37-25(24(23)36-2)29-18-17-22(31)27-26(29)32/h17-18,21,23-25,30H,3-16,19-20H2,1-2H3,(H-,27,28,31,32,33)/p+1/t21-,23?,24+,25-/m1/s1. The summed E-state index contributed by atoms with van der Waals surface area (Å²) in [4.78, 5) is 25.7. The SMILES string of the molecule is CCCCCCCCCCCCCCCCS(=O)(=O)N[P+](=O)OC1[C@@H](CO)O[C@@H](n2ccc(=O)[nH]c2=O)[C@H]1OC. The molecule has 12 nitrogen and oxygen atoms in total. The first-order valence-electron chi connectivity index (χ1n) is 14.5. The van der Waals surface area contributed by atoms with E-state index in [1.807, 2.05) is 4.49 Å². The number of methoxy groups -OCH3 is 1. The van der Waals surface area contributed by atoms with Crippen LogP contribution in [0.2, 0.25) is 0 Å². The number of hydrogen-bond donors (Lipinski definition) is 3. The van der Waals surface area contributed by atoms with Gasteiger partial charge in [0.15, 0.2) is 12.3 Å². The molecule has 5 atom stereocenters. The molecule has 1 aliphatic heterocycles. The molecule has 3 N–H and O–H groups in total. The van der Waals surface area contributed by atoms with Crippen LogP contribution in [0.4, 0.5) is 0 Å². The fourth-order valence-electron chi connectivity index (χ4n) is 4.86. The van der Waals surface area contributed by atoms with Crippen molar-refractivity contribution in [3.8, 4) is 0 Å². The predicted octanol–water partition coefficient (Wildman–Crippen LogP) is 3.88. The summed E-state index contributed by atoms with van der Waals surface area (Å²) in [5.41, 5.74) is -1.37. The van der Waals surface area contributed by atoms with Crippen molar-refractivity contribution >= 4 is 18.2 Å². The van der Waals surface area contributed by atoms with E-state index < -0.39 is 60.6 Å². The molecule has 2 heterocycles. The highest BCUT2D eigenvalue weighted by atomic mass is 32.2. The number of aliphatic hydroxyl groups is 1. The van der Waals surface area contributed by atoms with Crippen LogP contribution in [-0.4, -0.2) is 60.9 Å². The van der Waals surface area contributed by atoms with Gasteiger partial charge in [-0.25, -0.2) is 13.2 Å². The lowest BCUT2D eigenvalue weighted by molar-refractivity contribution is -0.0625. The number of ether oxygens (including phenoxy) is 2. The Balaban J connectivity index is 1.68. The highest BCUT2D eigenvalue weighted by Gasteiger charge is 2.51. The number of H-pyrrole nitrogens is 1. The van der Waals surface area contributed by atoms with E-state index in [1.54, 1.807) is 0 Å². The monoisotopic (exact) mass is 608 g/mol. The smallest absolute Gasteiger partial charge is 0.394 e. The molecule has 14 heteroatoms. The van der Waals surface area contributed by atoms with Crippen molar-refractivity contribution in [3.05, 3.63) is 33.1 Å². The topological polar surface area (TPSA) is 166 Å². The zero-order valence-corrected chi connectivity index (χ0v) is 25.5. The Bertz CT molecular complexity index is 1100. The van der Waals surface area contributed by atoms with Crippen molar-refractivity contribution in [1.29, 1.82) is 0 Å². The normalized spacial score (nSPS) is 21.6. The van der Waals surface area contributed by atoms with E-state index in [2.05, 4.69) is 11.9 Å². The lowest BCUT2D eigenvalue weighted by Crippen LogP contribution is -2.39. The van der Waals surface area contributed by atoms with Crippen molar-refractivity contribution in [2.75, 3.05) is 19.5 Å². The summed E-state index contributed by atoms with van der Waals surface area (Å²) in [6.07, 6.45) is 13.0. The van der Waals surface area contributed by atoms with Crippen molar-refractivity contribution < 1.29 is 32.1 Å². The zero-order valence-electron chi connectivity index (χ0n) is 23.8. The molecule has 230 valence electrons. The molecule has 0 aliphatic carbocycles. The van der Waals surface area contributed by atoms with Crippen molar-refractivity contribution in [2.45, 2.75) is 121 Å². The van der Waals surface area contributed by atoms with Crippen LogP contribution in [0.15, 0.2) is 21.9 Å². The molecule has 2 rings (SSSR count). The average Bonchev–Trinajstić information content (AvgIpc) is 3.25. The highest BCUT2D eigenvalue weighted by molar-refractivity contribution is 7.93. The van der Waals surface area contributed by atoms with Gasteiger partial charge in [0.2, 0.25) is 0 Å². The fraction of sp³-hybridized carbons (Fsp3) is 0.846. The summed E-state index contributed by atoms with van der Waals surface area (Å²) in [6.45, 7) is 1.67. The molecule has 2 unspecified atom stereocenters. The van der Waals surface area contributed by atoms with E-state index in [0.29, 0.717) is 6.42 Å². The van der Waals surface area contributed by atoms with Crippen molar-refractivity contribution in [3.63, 3.8) is 0 Å². The van der Waals surface area contributed by atoms with Crippen molar-refractivity contribution in [1.82, 2.24) is 14.0 Å². The molecule has 0 aromatic carbocycles. The summed E-state index contributed by atoms with van der Waals surface area (Å²) < 4.78 is 57.0. The van der Waals surface area contributed by atoms with Gasteiger partial charge in [0, 0.05) is 23.9 Å². The second kappa shape index (κ2) is 18.9. The zero-order chi connectivity index (χ0) is 29.4. The Morgan fingerprint density at radius 2 is 1.52 bits per heavy atom. The van der Waals surface area contributed by atoms with Crippen molar-refractivity contribution in [2.24, 2.45) is 0 Å². The quantitative estimate of drug-likeness (QED) is 0.131. The minimum atomic E-state index is -3.86. The maximum atomic E-state index is 12.6. The van der Waals surface area contributed by atoms with Crippen LogP contribution in [0.1, 0.15) is 103 Å². The summed E-state index contributed by atoms with van der Waals surface area (Å²) in [5, 5.41) is 9.73. The number of sulfonamides is 1. The van der Waals surface area contributed by atoms with Gasteiger partial charge in [0.1, 0.15) is 12.2 Å². The first-order valence-corrected chi connectivity index (χ1v) is 17.3. The molecule has 0 spiro atoms. The van der Waals surface area contributed by atoms with Gasteiger partial charge in [-0.3, -0.25) is 14.3 Å². The minimum absolute atomic E-state index is 0.177. The summed E-state index contributed by atoms with van der Waals surface area (Å²) in [5.74, 6) is -0.177. The second-order valence-electron chi connectivity index (χ2n) is 10.3. The maximum absolute atomic E-state index is 12.6. The highest BCUT2D eigenvalue weighted by Crippen LogP contribution is 2.37.